The summed E-state index contributed by atoms with van der Waals surface area (Å²) in [6.45, 7) is 0. The highest BCUT2D eigenvalue weighted by Crippen LogP contribution is 2.59. The van der Waals surface area contributed by atoms with Crippen molar-refractivity contribution in [2.75, 3.05) is 4.90 Å². The van der Waals surface area contributed by atoms with Crippen LogP contribution in [0.25, 0.3) is 44.2 Å². The molecule has 1 atom stereocenters. The Hall–Kier alpha value is -8.72. The zero-order valence-electron chi connectivity index (χ0n) is 38.5. The maximum atomic E-state index is 6.29. The molecule has 0 saturated carbocycles. The van der Waals surface area contributed by atoms with Crippen molar-refractivity contribution in [1.29, 1.82) is 0 Å². The zero-order valence-corrected chi connectivity index (χ0v) is 38.5. The van der Waals surface area contributed by atoms with Gasteiger partial charge in [-0.25, -0.2) is 0 Å². The van der Waals surface area contributed by atoms with Gasteiger partial charge in [0, 0.05) is 33.8 Å². The molecule has 3 aliphatic carbocycles. The maximum absolute atomic E-state index is 6.29. The molecule has 330 valence electrons. The minimum absolute atomic E-state index is 0.159. The van der Waals surface area contributed by atoms with E-state index in [9.17, 15) is 0 Å². The van der Waals surface area contributed by atoms with Crippen LogP contribution in [0.2, 0.25) is 0 Å². The number of nitrogens with zero attached hydrogens (tertiary/aromatic N) is 1. The lowest BCUT2D eigenvalue weighted by Gasteiger charge is -2.36. The normalized spacial score (nSPS) is 15.8. The standard InChI is InChI=1S/C68H47NO/c1-4-20-48(21-5-1)67(49-22-6-2-7-23-49)63-33-16-12-29-57(63)59-45-54(40-41-64(59)67)69(53-26-18-19-46(43-53)47-35-42-66-60(44-47)58-30-13-17-34-65(58)70-66)52-38-36-51(37-39-52)68(50-24-8-3-9-25-50)61-31-14-10-27-55(61)56-28-11-15-32-62(56)68/h1-42,44-46H,43H2. The second-order valence-corrected chi connectivity index (χ2v) is 19.1. The summed E-state index contributed by atoms with van der Waals surface area (Å²) in [4.78, 5) is 2.52. The van der Waals surface area contributed by atoms with E-state index >= 15 is 0 Å². The Balaban J connectivity index is 0.949. The fraction of sp³-hybridized carbons (Fsp3) is 0.0588. The van der Waals surface area contributed by atoms with Crippen molar-refractivity contribution >= 4 is 33.3 Å². The van der Waals surface area contributed by atoms with Crippen LogP contribution in [-0.4, -0.2) is 0 Å². The summed E-state index contributed by atoms with van der Waals surface area (Å²) < 4.78 is 6.29. The Bertz CT molecular complexity index is 3780. The molecule has 0 spiro atoms. The van der Waals surface area contributed by atoms with Crippen LogP contribution >= 0.6 is 0 Å². The lowest BCUT2D eigenvalue weighted by Crippen LogP contribution is -2.29. The Labute approximate surface area is 408 Å². The second-order valence-electron chi connectivity index (χ2n) is 19.1. The van der Waals surface area contributed by atoms with Crippen LogP contribution in [0.4, 0.5) is 11.4 Å². The van der Waals surface area contributed by atoms with E-state index in [0.29, 0.717) is 0 Å². The van der Waals surface area contributed by atoms with Crippen LogP contribution in [-0.2, 0) is 10.8 Å². The maximum Gasteiger partial charge on any atom is 0.135 e. The minimum Gasteiger partial charge on any atom is -0.456 e. The molecule has 0 bridgehead atoms. The molecule has 0 N–H and O–H groups in total. The largest absolute Gasteiger partial charge is 0.456 e. The van der Waals surface area contributed by atoms with E-state index < -0.39 is 10.8 Å². The van der Waals surface area contributed by atoms with Crippen LogP contribution in [0.5, 0.6) is 0 Å². The summed E-state index contributed by atoms with van der Waals surface area (Å²) >= 11 is 0. The lowest BCUT2D eigenvalue weighted by molar-refractivity contribution is 0.668. The molecule has 1 unspecified atom stereocenters. The average Bonchev–Trinajstić information content (AvgIpc) is 4.07. The smallest absolute Gasteiger partial charge is 0.135 e. The van der Waals surface area contributed by atoms with Gasteiger partial charge in [0.2, 0.25) is 0 Å². The van der Waals surface area contributed by atoms with Gasteiger partial charge in [-0.2, -0.15) is 0 Å². The van der Waals surface area contributed by atoms with Gasteiger partial charge in [-0.1, -0.05) is 218 Å². The van der Waals surface area contributed by atoms with Crippen molar-refractivity contribution in [3.8, 4) is 22.3 Å². The van der Waals surface area contributed by atoms with Crippen LogP contribution in [0, 0.1) is 0 Å². The van der Waals surface area contributed by atoms with Gasteiger partial charge in [0.05, 0.1) is 10.8 Å². The number of furan rings is 1. The van der Waals surface area contributed by atoms with Gasteiger partial charge in [0.1, 0.15) is 11.2 Å². The van der Waals surface area contributed by atoms with Gasteiger partial charge in [0.25, 0.3) is 0 Å². The molecule has 70 heavy (non-hydrogen) atoms. The third-order valence-electron chi connectivity index (χ3n) is 15.6. The fourth-order valence-corrected chi connectivity index (χ4v) is 12.7. The quantitative estimate of drug-likeness (QED) is 0.151. The van der Waals surface area contributed by atoms with Gasteiger partial charge in [-0.15, -0.1) is 0 Å². The van der Waals surface area contributed by atoms with Crippen LogP contribution < -0.4 is 4.90 Å². The summed E-state index contributed by atoms with van der Waals surface area (Å²) in [5.41, 5.74) is 21.0. The summed E-state index contributed by atoms with van der Waals surface area (Å²) in [5, 5.41) is 2.31. The van der Waals surface area contributed by atoms with E-state index in [2.05, 4.69) is 266 Å². The number of hydrogen-bond acceptors (Lipinski definition) is 2. The Kier molecular flexibility index (Phi) is 9.19. The third kappa shape index (κ3) is 5.87. The molecule has 1 aromatic heterocycles. The monoisotopic (exact) mass is 893 g/mol. The molecule has 3 aliphatic rings. The van der Waals surface area contributed by atoms with E-state index in [1.54, 1.807) is 0 Å². The molecule has 0 aliphatic heterocycles. The van der Waals surface area contributed by atoms with Crippen LogP contribution in [0.1, 0.15) is 62.4 Å². The van der Waals surface area contributed by atoms with Crippen LogP contribution in [0.15, 0.2) is 277 Å². The van der Waals surface area contributed by atoms with Gasteiger partial charge in [-0.3, -0.25) is 0 Å². The molecule has 11 aromatic rings. The first-order valence-corrected chi connectivity index (χ1v) is 24.5. The average molecular weight is 894 g/mol. The second kappa shape index (κ2) is 15.9. The molecule has 0 fully saturated rings. The number of benzene rings is 10. The van der Waals surface area contributed by atoms with Crippen molar-refractivity contribution in [3.05, 3.63) is 323 Å². The van der Waals surface area contributed by atoms with E-state index in [4.69, 9.17) is 4.42 Å². The Morgan fingerprint density at radius 1 is 0.371 bits per heavy atom. The highest BCUT2D eigenvalue weighted by Gasteiger charge is 2.47. The van der Waals surface area contributed by atoms with Crippen molar-refractivity contribution in [3.63, 3.8) is 0 Å². The predicted molar refractivity (Wildman–Crippen MR) is 288 cm³/mol. The number of anilines is 2. The van der Waals surface area contributed by atoms with E-state index in [0.717, 1.165) is 39.7 Å². The van der Waals surface area contributed by atoms with Crippen molar-refractivity contribution in [1.82, 2.24) is 0 Å². The van der Waals surface area contributed by atoms with Gasteiger partial charge in [0.15, 0.2) is 0 Å². The first-order valence-electron chi connectivity index (χ1n) is 24.5. The first kappa shape index (κ1) is 40.4. The fourth-order valence-electron chi connectivity index (χ4n) is 12.7. The summed E-state index contributed by atoms with van der Waals surface area (Å²) in [6.07, 6.45) is 7.77. The minimum atomic E-state index is -0.485. The molecular weight excluding hydrogens is 847 g/mol. The van der Waals surface area contributed by atoms with Gasteiger partial charge in [-0.05, 0) is 127 Å². The lowest BCUT2D eigenvalue weighted by atomic mass is 9.67. The molecule has 2 heteroatoms. The molecule has 0 amide bonds. The molecular formula is C68H47NO. The summed E-state index contributed by atoms with van der Waals surface area (Å²) in [7, 11) is 0. The predicted octanol–water partition coefficient (Wildman–Crippen LogP) is 17.1. The van der Waals surface area contributed by atoms with E-state index in [1.165, 1.54) is 78.0 Å². The molecule has 1 heterocycles. The summed E-state index contributed by atoms with van der Waals surface area (Å²) in [5.74, 6) is 0.159. The highest BCUT2D eigenvalue weighted by atomic mass is 16.3. The number of allylic oxidation sites excluding steroid dienone is 4. The molecule has 2 nitrogen and oxygen atoms in total. The van der Waals surface area contributed by atoms with Crippen molar-refractivity contribution in [2.45, 2.75) is 23.2 Å². The number of para-hydroxylation sites is 1. The number of rotatable bonds is 8. The van der Waals surface area contributed by atoms with Crippen LogP contribution in [0.3, 0.4) is 0 Å². The van der Waals surface area contributed by atoms with E-state index in [-0.39, 0.29) is 5.92 Å². The van der Waals surface area contributed by atoms with Crippen molar-refractivity contribution < 1.29 is 4.42 Å². The Morgan fingerprint density at radius 3 is 1.44 bits per heavy atom. The number of hydrogen-bond donors (Lipinski definition) is 0. The topological polar surface area (TPSA) is 16.4 Å². The van der Waals surface area contributed by atoms with E-state index in [1.807, 2.05) is 6.07 Å². The van der Waals surface area contributed by atoms with Gasteiger partial charge < -0.3 is 9.32 Å². The molecule has 10 aromatic carbocycles. The third-order valence-corrected chi connectivity index (χ3v) is 15.6. The first-order chi connectivity index (χ1) is 34.7. The highest BCUT2D eigenvalue weighted by molar-refractivity contribution is 6.05. The Morgan fingerprint density at radius 2 is 0.843 bits per heavy atom. The van der Waals surface area contributed by atoms with Gasteiger partial charge >= 0.3 is 0 Å². The molecule has 0 radical (unpaired) electrons. The SMILES string of the molecule is C1=CC(c2ccc3oc4ccccc4c3c2)CC(N(c2ccc(C3(c4ccccc4)c4ccccc4-c4ccccc43)cc2)c2ccc3c(c2)-c2ccccc2C3(c2ccccc2)c2ccccc2)=C1. The number of fused-ring (bicyclic) bond motifs is 9. The summed E-state index contributed by atoms with van der Waals surface area (Å²) in [6, 6.07) is 92.1. The zero-order chi connectivity index (χ0) is 46.2. The molecule has 14 rings (SSSR count). The van der Waals surface area contributed by atoms with Crippen molar-refractivity contribution in [2.24, 2.45) is 0 Å². The molecule has 0 saturated heterocycles.